The Morgan fingerprint density at radius 3 is 1.95 bits per heavy atom. The Morgan fingerprint density at radius 2 is 1.50 bits per heavy atom. The Morgan fingerprint density at radius 1 is 1.00 bits per heavy atom. The third kappa shape index (κ3) is 2.11. The number of aromatic nitrogens is 1. The number of halogens is 4. The van der Waals surface area contributed by atoms with Gasteiger partial charge in [-0.3, -0.25) is 4.98 Å². The van der Waals surface area contributed by atoms with E-state index in [-0.39, 0.29) is 5.56 Å². The van der Waals surface area contributed by atoms with E-state index in [1.807, 2.05) is 0 Å². The summed E-state index contributed by atoms with van der Waals surface area (Å²) in [6, 6.07) is 2.36. The molecule has 0 unspecified atom stereocenters. The number of benzene rings is 1. The molecule has 2 aromatic rings. The van der Waals surface area contributed by atoms with Crippen molar-refractivity contribution in [3.8, 4) is 11.1 Å². The van der Waals surface area contributed by atoms with Crippen LogP contribution in [0.3, 0.4) is 0 Å². The standard InChI is InChI=1S/C13H7F4NO2/c1-20-13(19)8-11(16)9(14)7(10(15)12(8)17)6-2-4-18-5-3-6/h2-5H,1H3. The molecule has 7 heteroatoms. The second-order valence-corrected chi connectivity index (χ2v) is 3.73. The van der Waals surface area contributed by atoms with Gasteiger partial charge in [-0.15, -0.1) is 0 Å². The first-order valence-corrected chi connectivity index (χ1v) is 5.33. The van der Waals surface area contributed by atoms with Crippen LogP contribution in [-0.4, -0.2) is 18.1 Å². The molecule has 0 saturated carbocycles. The molecule has 0 aliphatic rings. The van der Waals surface area contributed by atoms with Crippen LogP contribution in [-0.2, 0) is 4.74 Å². The monoisotopic (exact) mass is 285 g/mol. The highest BCUT2D eigenvalue weighted by Gasteiger charge is 2.30. The molecule has 3 nitrogen and oxygen atoms in total. The summed E-state index contributed by atoms with van der Waals surface area (Å²) in [7, 11) is 0.841. The molecule has 1 aromatic heterocycles. The number of carbonyl (C=O) groups excluding carboxylic acids is 1. The normalized spacial score (nSPS) is 10.4. The maximum absolute atomic E-state index is 13.9. The third-order valence-electron chi connectivity index (χ3n) is 2.62. The van der Waals surface area contributed by atoms with Gasteiger partial charge in [0.25, 0.3) is 0 Å². The summed E-state index contributed by atoms with van der Waals surface area (Å²) >= 11 is 0. The first kappa shape index (κ1) is 14.0. The maximum atomic E-state index is 13.9. The van der Waals surface area contributed by atoms with Gasteiger partial charge in [0.1, 0.15) is 5.56 Å². The first-order chi connectivity index (χ1) is 9.49. The van der Waals surface area contributed by atoms with E-state index in [0.717, 1.165) is 7.11 Å². The van der Waals surface area contributed by atoms with Crippen molar-refractivity contribution in [2.75, 3.05) is 7.11 Å². The lowest BCUT2D eigenvalue weighted by molar-refractivity contribution is 0.0587. The predicted octanol–water partition coefficient (Wildman–Crippen LogP) is 3.09. The van der Waals surface area contributed by atoms with Gasteiger partial charge in [0, 0.05) is 12.4 Å². The van der Waals surface area contributed by atoms with E-state index < -0.39 is 40.4 Å². The average molecular weight is 285 g/mol. The van der Waals surface area contributed by atoms with Crippen molar-refractivity contribution in [3.05, 3.63) is 53.4 Å². The number of hydrogen-bond acceptors (Lipinski definition) is 3. The van der Waals surface area contributed by atoms with Crippen molar-refractivity contribution >= 4 is 5.97 Å². The molecular formula is C13H7F4NO2. The topological polar surface area (TPSA) is 39.2 Å². The number of pyridine rings is 1. The summed E-state index contributed by atoms with van der Waals surface area (Å²) < 4.78 is 59.3. The van der Waals surface area contributed by atoms with E-state index in [2.05, 4.69) is 9.72 Å². The van der Waals surface area contributed by atoms with Crippen LogP contribution < -0.4 is 0 Å². The molecule has 20 heavy (non-hydrogen) atoms. The van der Waals surface area contributed by atoms with Gasteiger partial charge in [0.15, 0.2) is 23.3 Å². The largest absolute Gasteiger partial charge is 0.465 e. The smallest absolute Gasteiger partial charge is 0.344 e. The number of esters is 1. The van der Waals surface area contributed by atoms with Crippen LogP contribution in [0, 0.1) is 23.3 Å². The van der Waals surface area contributed by atoms with Crippen molar-refractivity contribution in [1.29, 1.82) is 0 Å². The highest BCUT2D eigenvalue weighted by atomic mass is 19.2. The highest BCUT2D eigenvalue weighted by molar-refractivity contribution is 5.91. The summed E-state index contributed by atoms with van der Waals surface area (Å²) in [6.07, 6.45) is 2.41. The molecule has 2 rings (SSSR count). The summed E-state index contributed by atoms with van der Waals surface area (Å²) in [5, 5.41) is 0. The van der Waals surface area contributed by atoms with Crippen LogP contribution in [0.25, 0.3) is 11.1 Å². The molecule has 0 bridgehead atoms. The zero-order chi connectivity index (χ0) is 14.9. The molecule has 0 N–H and O–H groups in total. The van der Waals surface area contributed by atoms with Gasteiger partial charge < -0.3 is 4.74 Å². The van der Waals surface area contributed by atoms with Crippen LogP contribution >= 0.6 is 0 Å². The van der Waals surface area contributed by atoms with Crippen molar-refractivity contribution in [1.82, 2.24) is 4.98 Å². The van der Waals surface area contributed by atoms with Gasteiger partial charge in [0.2, 0.25) is 0 Å². The van der Waals surface area contributed by atoms with Gasteiger partial charge in [0.05, 0.1) is 12.7 Å². The third-order valence-corrected chi connectivity index (χ3v) is 2.62. The molecule has 0 radical (unpaired) electrons. The minimum Gasteiger partial charge on any atom is -0.465 e. The van der Waals surface area contributed by atoms with Gasteiger partial charge >= 0.3 is 5.97 Å². The fraction of sp³-hybridized carbons (Fsp3) is 0.0769. The minimum atomic E-state index is -1.80. The number of rotatable bonds is 2. The summed E-state index contributed by atoms with van der Waals surface area (Å²) in [5.41, 5.74) is -2.42. The second kappa shape index (κ2) is 5.28. The van der Waals surface area contributed by atoms with Crippen molar-refractivity contribution in [2.24, 2.45) is 0 Å². The number of methoxy groups -OCH3 is 1. The van der Waals surface area contributed by atoms with E-state index >= 15 is 0 Å². The quantitative estimate of drug-likeness (QED) is 0.483. The van der Waals surface area contributed by atoms with Gasteiger partial charge in [-0.25, -0.2) is 22.4 Å². The molecule has 0 aliphatic carbocycles. The van der Waals surface area contributed by atoms with E-state index in [1.165, 1.54) is 24.5 Å². The molecule has 0 atom stereocenters. The SMILES string of the molecule is COC(=O)c1c(F)c(F)c(-c2ccncc2)c(F)c1F. The molecular weight excluding hydrogens is 278 g/mol. The molecule has 0 fully saturated rings. The fourth-order valence-corrected chi connectivity index (χ4v) is 1.68. The lowest BCUT2D eigenvalue weighted by Crippen LogP contribution is -2.13. The van der Waals surface area contributed by atoms with E-state index in [4.69, 9.17) is 0 Å². The van der Waals surface area contributed by atoms with Gasteiger partial charge in [-0.1, -0.05) is 0 Å². The van der Waals surface area contributed by atoms with Crippen LogP contribution in [0.4, 0.5) is 17.6 Å². The van der Waals surface area contributed by atoms with Crippen molar-refractivity contribution in [2.45, 2.75) is 0 Å². The number of carbonyl (C=O) groups is 1. The molecule has 104 valence electrons. The first-order valence-electron chi connectivity index (χ1n) is 5.33. The zero-order valence-corrected chi connectivity index (χ0v) is 10.1. The van der Waals surface area contributed by atoms with E-state index in [1.54, 1.807) is 0 Å². The van der Waals surface area contributed by atoms with Crippen LogP contribution in [0.5, 0.6) is 0 Å². The van der Waals surface area contributed by atoms with Crippen molar-refractivity contribution < 1.29 is 27.1 Å². The van der Waals surface area contributed by atoms with Crippen molar-refractivity contribution in [3.63, 3.8) is 0 Å². The predicted molar refractivity (Wildman–Crippen MR) is 60.8 cm³/mol. The minimum absolute atomic E-state index is 0.107. The fourth-order valence-electron chi connectivity index (χ4n) is 1.68. The van der Waals surface area contributed by atoms with Crippen LogP contribution in [0.15, 0.2) is 24.5 Å². The molecule has 0 aliphatic heterocycles. The Labute approximate surface area is 110 Å². The summed E-state index contributed by atoms with van der Waals surface area (Å²) in [4.78, 5) is 14.8. The van der Waals surface area contributed by atoms with Gasteiger partial charge in [-0.2, -0.15) is 0 Å². The van der Waals surface area contributed by atoms with E-state index in [9.17, 15) is 22.4 Å². The lowest BCUT2D eigenvalue weighted by atomic mass is 10.0. The Bertz CT molecular complexity index is 645. The molecule has 0 saturated heterocycles. The summed E-state index contributed by atoms with van der Waals surface area (Å²) in [6.45, 7) is 0. The Balaban J connectivity index is 2.78. The molecule has 0 amide bonds. The maximum Gasteiger partial charge on any atom is 0.344 e. The molecule has 0 spiro atoms. The number of hydrogen-bond donors (Lipinski definition) is 0. The average Bonchev–Trinajstić information content (AvgIpc) is 2.46. The van der Waals surface area contributed by atoms with Crippen LogP contribution in [0.1, 0.15) is 10.4 Å². The van der Waals surface area contributed by atoms with Gasteiger partial charge in [-0.05, 0) is 17.7 Å². The highest BCUT2D eigenvalue weighted by Crippen LogP contribution is 2.32. The zero-order valence-electron chi connectivity index (χ0n) is 10.1. The molecule has 1 aromatic carbocycles. The second-order valence-electron chi connectivity index (χ2n) is 3.73. The summed E-state index contributed by atoms with van der Waals surface area (Å²) in [5.74, 6) is -8.45. The lowest BCUT2D eigenvalue weighted by Gasteiger charge is -2.10. The Kier molecular flexibility index (Phi) is 3.69. The number of ether oxygens (including phenoxy) is 1. The van der Waals surface area contributed by atoms with Crippen LogP contribution in [0.2, 0.25) is 0 Å². The number of nitrogens with zero attached hydrogens (tertiary/aromatic N) is 1. The molecule has 1 heterocycles. The Hall–Kier alpha value is -2.44. The van der Waals surface area contributed by atoms with E-state index in [0.29, 0.717) is 0 Å².